The molecule has 2 heterocycles. The number of hydrogen-bond acceptors (Lipinski definition) is 3. The first-order valence-corrected chi connectivity index (χ1v) is 6.33. The smallest absolute Gasteiger partial charge is 0.146 e. The summed E-state index contributed by atoms with van der Waals surface area (Å²) >= 11 is 0. The zero-order chi connectivity index (χ0) is 12.3. The van der Waals surface area contributed by atoms with Crippen LogP contribution in [0.5, 0.6) is 0 Å². The maximum Gasteiger partial charge on any atom is 0.146 e. The van der Waals surface area contributed by atoms with Gasteiger partial charge in [-0.3, -0.25) is 0 Å². The van der Waals surface area contributed by atoms with Crippen molar-refractivity contribution in [2.45, 2.75) is 33.1 Å². The molecule has 0 aliphatic carbocycles. The second kappa shape index (κ2) is 5.18. The van der Waals surface area contributed by atoms with Gasteiger partial charge in [0.1, 0.15) is 11.9 Å². The maximum absolute atomic E-state index is 9.15. The molecule has 3 nitrogen and oxygen atoms in total. The Labute approximate surface area is 103 Å². The Bertz CT molecular complexity index is 434. The van der Waals surface area contributed by atoms with Crippen LogP contribution >= 0.6 is 0 Å². The zero-order valence-corrected chi connectivity index (χ0v) is 10.6. The van der Waals surface area contributed by atoms with Crippen molar-refractivity contribution in [3.63, 3.8) is 0 Å². The molecule has 0 aromatic carbocycles. The van der Waals surface area contributed by atoms with Gasteiger partial charge in [-0.25, -0.2) is 4.98 Å². The number of anilines is 1. The standard InChI is InChI=1S/C14H19N3/c1-11-4-3-8-17(9-7-11)14-13(10-15)6-5-12(2)16-14/h5-6,11H,3-4,7-9H2,1-2H3. The molecule has 3 heteroatoms. The van der Waals surface area contributed by atoms with Crippen molar-refractivity contribution in [2.75, 3.05) is 18.0 Å². The number of hydrogen-bond donors (Lipinski definition) is 0. The fraction of sp³-hybridized carbons (Fsp3) is 0.571. The summed E-state index contributed by atoms with van der Waals surface area (Å²) in [5.74, 6) is 1.66. The number of pyridine rings is 1. The summed E-state index contributed by atoms with van der Waals surface area (Å²) in [6.07, 6.45) is 3.67. The fourth-order valence-electron chi connectivity index (χ4n) is 2.35. The highest BCUT2D eigenvalue weighted by atomic mass is 15.2. The summed E-state index contributed by atoms with van der Waals surface area (Å²) in [5, 5.41) is 9.15. The summed E-state index contributed by atoms with van der Waals surface area (Å²) < 4.78 is 0. The number of nitriles is 1. The molecule has 0 spiro atoms. The van der Waals surface area contributed by atoms with Crippen LogP contribution in [-0.4, -0.2) is 18.1 Å². The summed E-state index contributed by atoms with van der Waals surface area (Å²) in [7, 11) is 0. The minimum atomic E-state index is 0.699. The summed E-state index contributed by atoms with van der Waals surface area (Å²) in [6, 6.07) is 6.03. The van der Waals surface area contributed by atoms with Crippen molar-refractivity contribution in [3.8, 4) is 6.07 Å². The van der Waals surface area contributed by atoms with Crippen molar-refractivity contribution in [3.05, 3.63) is 23.4 Å². The molecule has 90 valence electrons. The number of rotatable bonds is 1. The van der Waals surface area contributed by atoms with Crippen molar-refractivity contribution >= 4 is 5.82 Å². The topological polar surface area (TPSA) is 39.9 Å². The van der Waals surface area contributed by atoms with E-state index in [1.807, 2.05) is 19.1 Å². The lowest BCUT2D eigenvalue weighted by Gasteiger charge is -2.22. The lowest BCUT2D eigenvalue weighted by atomic mass is 10.0. The van der Waals surface area contributed by atoms with Crippen LogP contribution in [-0.2, 0) is 0 Å². The molecule has 0 bridgehead atoms. The molecule has 0 N–H and O–H groups in total. The van der Waals surface area contributed by atoms with E-state index in [1.165, 1.54) is 19.3 Å². The molecule has 1 unspecified atom stereocenters. The average Bonchev–Trinajstić information content (AvgIpc) is 2.54. The van der Waals surface area contributed by atoms with E-state index >= 15 is 0 Å². The third kappa shape index (κ3) is 2.76. The molecule has 1 aliphatic heterocycles. The van der Waals surface area contributed by atoms with Crippen LogP contribution in [0, 0.1) is 24.2 Å². The third-order valence-electron chi connectivity index (χ3n) is 3.45. The molecule has 1 fully saturated rings. The van der Waals surface area contributed by atoms with Gasteiger partial charge in [-0.05, 0) is 44.2 Å². The van der Waals surface area contributed by atoms with Crippen LogP contribution in [0.25, 0.3) is 0 Å². The second-order valence-corrected chi connectivity index (χ2v) is 4.96. The number of aromatic nitrogens is 1. The average molecular weight is 229 g/mol. The van der Waals surface area contributed by atoms with Gasteiger partial charge in [0, 0.05) is 18.8 Å². The Morgan fingerprint density at radius 1 is 1.35 bits per heavy atom. The van der Waals surface area contributed by atoms with E-state index in [0.29, 0.717) is 5.56 Å². The Morgan fingerprint density at radius 3 is 2.94 bits per heavy atom. The highest BCUT2D eigenvalue weighted by Gasteiger charge is 2.17. The van der Waals surface area contributed by atoms with E-state index in [4.69, 9.17) is 5.26 Å². The fourth-order valence-corrected chi connectivity index (χ4v) is 2.35. The van der Waals surface area contributed by atoms with E-state index in [0.717, 1.165) is 30.5 Å². The van der Waals surface area contributed by atoms with Crippen LogP contribution in [0.1, 0.15) is 37.4 Å². The maximum atomic E-state index is 9.15. The SMILES string of the molecule is Cc1ccc(C#N)c(N2CCCC(C)CC2)n1. The molecule has 1 aromatic rings. The molecule has 17 heavy (non-hydrogen) atoms. The molecule has 0 radical (unpaired) electrons. The van der Waals surface area contributed by atoms with Crippen LogP contribution in [0.4, 0.5) is 5.82 Å². The predicted molar refractivity (Wildman–Crippen MR) is 68.9 cm³/mol. The molecule has 1 atom stereocenters. The number of aryl methyl sites for hydroxylation is 1. The quantitative estimate of drug-likeness (QED) is 0.743. The summed E-state index contributed by atoms with van der Waals surface area (Å²) in [5.41, 5.74) is 1.68. The molecular formula is C14H19N3. The van der Waals surface area contributed by atoms with Gasteiger partial charge in [0.2, 0.25) is 0 Å². The second-order valence-electron chi connectivity index (χ2n) is 4.96. The minimum absolute atomic E-state index is 0.699. The number of nitrogens with zero attached hydrogens (tertiary/aromatic N) is 3. The summed E-state index contributed by atoms with van der Waals surface area (Å²) in [4.78, 5) is 6.81. The van der Waals surface area contributed by atoms with Gasteiger partial charge in [-0.2, -0.15) is 5.26 Å². The van der Waals surface area contributed by atoms with E-state index in [2.05, 4.69) is 22.9 Å². The first-order chi connectivity index (χ1) is 8.20. The minimum Gasteiger partial charge on any atom is -0.356 e. The largest absolute Gasteiger partial charge is 0.356 e. The van der Waals surface area contributed by atoms with E-state index in [-0.39, 0.29) is 0 Å². The van der Waals surface area contributed by atoms with E-state index in [1.54, 1.807) is 0 Å². The van der Waals surface area contributed by atoms with Gasteiger partial charge in [-0.1, -0.05) is 6.92 Å². The Morgan fingerprint density at radius 2 is 2.18 bits per heavy atom. The predicted octanol–water partition coefficient (Wildman–Crippen LogP) is 2.89. The first kappa shape index (κ1) is 11.9. The highest BCUT2D eigenvalue weighted by molar-refractivity contribution is 5.54. The van der Waals surface area contributed by atoms with Crippen LogP contribution in [0.2, 0.25) is 0 Å². The van der Waals surface area contributed by atoms with Crippen molar-refractivity contribution < 1.29 is 0 Å². The van der Waals surface area contributed by atoms with Gasteiger partial charge >= 0.3 is 0 Å². The lowest BCUT2D eigenvalue weighted by Crippen LogP contribution is -2.26. The molecule has 0 amide bonds. The van der Waals surface area contributed by atoms with Gasteiger partial charge < -0.3 is 4.90 Å². The molecule has 2 rings (SSSR count). The van der Waals surface area contributed by atoms with Gasteiger partial charge in [-0.15, -0.1) is 0 Å². The molecule has 1 aliphatic rings. The van der Waals surface area contributed by atoms with E-state index in [9.17, 15) is 0 Å². The molecular weight excluding hydrogens is 210 g/mol. The van der Waals surface area contributed by atoms with Crippen LogP contribution in [0.15, 0.2) is 12.1 Å². The van der Waals surface area contributed by atoms with Crippen LogP contribution in [0.3, 0.4) is 0 Å². The third-order valence-corrected chi connectivity index (χ3v) is 3.45. The van der Waals surface area contributed by atoms with Crippen molar-refractivity contribution in [2.24, 2.45) is 5.92 Å². The highest BCUT2D eigenvalue weighted by Crippen LogP contribution is 2.23. The van der Waals surface area contributed by atoms with Gasteiger partial charge in [0.15, 0.2) is 0 Å². The first-order valence-electron chi connectivity index (χ1n) is 6.33. The monoisotopic (exact) mass is 229 g/mol. The Hall–Kier alpha value is -1.56. The van der Waals surface area contributed by atoms with Crippen molar-refractivity contribution in [1.29, 1.82) is 5.26 Å². The Balaban J connectivity index is 2.26. The zero-order valence-electron chi connectivity index (χ0n) is 10.6. The lowest BCUT2D eigenvalue weighted by molar-refractivity contribution is 0.521. The van der Waals surface area contributed by atoms with Crippen LogP contribution < -0.4 is 4.90 Å². The van der Waals surface area contributed by atoms with Gasteiger partial charge in [0.25, 0.3) is 0 Å². The van der Waals surface area contributed by atoms with Crippen molar-refractivity contribution in [1.82, 2.24) is 4.98 Å². The Kier molecular flexibility index (Phi) is 3.63. The molecule has 1 saturated heterocycles. The summed E-state index contributed by atoms with van der Waals surface area (Å²) in [6.45, 7) is 6.32. The van der Waals surface area contributed by atoms with Gasteiger partial charge in [0.05, 0.1) is 5.56 Å². The van der Waals surface area contributed by atoms with E-state index < -0.39 is 0 Å². The normalized spacial score (nSPS) is 20.8. The molecule has 1 aromatic heterocycles. The molecule has 0 saturated carbocycles.